The van der Waals surface area contributed by atoms with E-state index >= 15 is 0 Å². The molecule has 1 aliphatic heterocycles. The number of rotatable bonds is 12. The lowest BCUT2D eigenvalue weighted by Gasteiger charge is -2.44. The van der Waals surface area contributed by atoms with Crippen LogP contribution in [0.25, 0.3) is 0 Å². The summed E-state index contributed by atoms with van der Waals surface area (Å²) >= 11 is 6.18. The number of hydrogen-bond acceptors (Lipinski definition) is 9. The zero-order chi connectivity index (χ0) is 20.6. The summed E-state index contributed by atoms with van der Waals surface area (Å²) in [4.78, 5) is 0. The van der Waals surface area contributed by atoms with Crippen LogP contribution >= 0.6 is 108 Å². The van der Waals surface area contributed by atoms with Crippen LogP contribution in [0.15, 0.2) is 0 Å². The molecule has 10 unspecified atom stereocenters. The first kappa shape index (κ1) is 29.7. The highest BCUT2D eigenvalue weighted by Gasteiger charge is 2.48. The topological polar surface area (TPSA) is 46.2 Å². The Hall–Kier alpha value is 4.64. The first-order valence-electron chi connectivity index (χ1n) is 7.53. The van der Waals surface area contributed by atoms with Crippen LogP contribution in [0.4, 0.5) is 0 Å². The molecule has 0 aromatic heterocycles. The Morgan fingerprint density at radius 2 is 1.30 bits per heavy atom. The molecule has 13 atom stereocenters. The molecule has 0 radical (unpaired) electrons. The number of ether oxygens (including phenoxy) is 1. The maximum absolute atomic E-state index is 6.32. The zero-order valence-electron chi connectivity index (χ0n) is 15.7. The van der Waals surface area contributed by atoms with E-state index in [2.05, 4.69) is 68.3 Å². The van der Waals surface area contributed by atoms with Crippen LogP contribution in [0.1, 0.15) is 6.92 Å². The summed E-state index contributed by atoms with van der Waals surface area (Å²) in [6.45, 7) is 9.85. The Balaban J connectivity index is 3.00. The van der Waals surface area contributed by atoms with Gasteiger partial charge in [0.05, 0.1) is 14.7 Å². The van der Waals surface area contributed by atoms with Crippen LogP contribution in [0.3, 0.4) is 0 Å². The third kappa shape index (κ3) is 11.6. The summed E-state index contributed by atoms with van der Waals surface area (Å²) < 4.78 is 30.9. The van der Waals surface area contributed by atoms with Crippen LogP contribution in [0.5, 0.6) is 0 Å². The Morgan fingerprint density at radius 1 is 0.778 bits per heavy atom. The fourth-order valence-electron chi connectivity index (χ4n) is 2.01. The van der Waals surface area contributed by atoms with Crippen molar-refractivity contribution in [2.45, 2.75) is 31.7 Å². The summed E-state index contributed by atoms with van der Waals surface area (Å²) in [5.41, 5.74) is 0. The zero-order valence-corrected chi connectivity index (χ0v) is 27.1. The molecule has 1 heterocycles. The van der Waals surface area contributed by atoms with Crippen molar-refractivity contribution in [1.29, 1.82) is 0 Å². The van der Waals surface area contributed by atoms with Crippen molar-refractivity contribution >= 4 is 108 Å². The van der Waals surface area contributed by atoms with Gasteiger partial charge in [-0.05, 0) is 40.3 Å². The van der Waals surface area contributed by atoms with E-state index in [1.54, 1.807) is 22.0 Å². The van der Waals surface area contributed by atoms with Crippen LogP contribution in [-0.4, -0.2) is 51.4 Å². The second kappa shape index (κ2) is 16.3. The first-order valence-corrected chi connectivity index (χ1v) is 26.2. The maximum Gasteiger partial charge on any atom is 0.201 e. The first-order chi connectivity index (χ1) is 12.7. The Bertz CT molecular complexity index is 420. The van der Waals surface area contributed by atoms with Gasteiger partial charge in [0.25, 0.3) is 0 Å². The minimum Gasteiger partial charge on any atom is -0.339 e. The predicted molar refractivity (Wildman–Crippen MR) is 150 cm³/mol. The van der Waals surface area contributed by atoms with E-state index in [-0.39, 0.29) is 31.7 Å². The molecule has 162 valence electrons. The van der Waals surface area contributed by atoms with Gasteiger partial charge in [0, 0.05) is 29.2 Å². The molecule has 0 aromatic rings. The molecular weight excluding hydrogens is 576 g/mol. The summed E-state index contributed by atoms with van der Waals surface area (Å²) in [5.74, 6) is 0.0643. The quantitative estimate of drug-likeness (QED) is 0.163. The standard InChI is InChI=1S/C10H28O5P8S4/c1-6-7(12-20(2)26-18)9(13-21(3)27-19)11-10(15-25-23(5)17)8(6)14-24-22(4)16/h6-10H,16-19H2,1-5H3/t6?,7-,8+,9?,10+,20?,21?,22?,23?/m0/s1. The van der Waals surface area contributed by atoms with E-state index in [0.717, 1.165) is 0 Å². The molecule has 0 saturated carbocycles. The van der Waals surface area contributed by atoms with E-state index in [1.165, 1.54) is 23.3 Å². The molecule has 1 saturated heterocycles. The highest BCUT2D eigenvalue weighted by atomic mass is 33.1. The molecule has 0 N–H and O–H groups in total. The summed E-state index contributed by atoms with van der Waals surface area (Å²) in [7, 11) is 9.57. The fourth-order valence-corrected chi connectivity index (χ4v) is 8.09. The Kier molecular flexibility index (Phi) is 17.9. The summed E-state index contributed by atoms with van der Waals surface area (Å²) in [6, 6.07) is 0. The van der Waals surface area contributed by atoms with Crippen molar-refractivity contribution in [3.05, 3.63) is 0 Å². The highest BCUT2D eigenvalue weighted by molar-refractivity contribution is 8.78. The largest absolute Gasteiger partial charge is 0.339 e. The lowest BCUT2D eigenvalue weighted by molar-refractivity contribution is -0.282. The van der Waals surface area contributed by atoms with Gasteiger partial charge in [0.15, 0.2) is 6.29 Å². The molecule has 0 amide bonds. The molecule has 1 fully saturated rings. The van der Waals surface area contributed by atoms with Crippen LogP contribution in [0, 0.1) is 5.92 Å². The molecule has 5 nitrogen and oxygen atoms in total. The molecule has 0 aliphatic carbocycles. The lowest BCUT2D eigenvalue weighted by atomic mass is 9.95. The van der Waals surface area contributed by atoms with Crippen molar-refractivity contribution in [3.63, 3.8) is 0 Å². The van der Waals surface area contributed by atoms with E-state index in [9.17, 15) is 0 Å². The number of hydrogen-bond donors (Lipinski definition) is 0. The van der Waals surface area contributed by atoms with Gasteiger partial charge in [-0.2, -0.15) is 0 Å². The molecule has 1 rings (SSSR count). The molecule has 0 bridgehead atoms. The second-order valence-electron chi connectivity index (χ2n) is 5.40. The van der Waals surface area contributed by atoms with E-state index in [4.69, 9.17) is 22.2 Å². The average Bonchev–Trinajstić information content (AvgIpc) is 2.61. The predicted octanol–water partition coefficient (Wildman–Crippen LogP) is 7.97. The van der Waals surface area contributed by atoms with Crippen molar-refractivity contribution in [3.8, 4) is 0 Å². The third-order valence-corrected chi connectivity index (χ3v) is 17.0. The van der Waals surface area contributed by atoms with Crippen LogP contribution in [0.2, 0.25) is 0 Å². The van der Waals surface area contributed by atoms with Crippen molar-refractivity contribution in [1.82, 2.24) is 0 Å². The van der Waals surface area contributed by atoms with Gasteiger partial charge in [0.2, 0.25) is 6.29 Å². The lowest BCUT2D eigenvalue weighted by Crippen LogP contribution is -2.54. The van der Waals surface area contributed by atoms with Gasteiger partial charge >= 0.3 is 0 Å². The van der Waals surface area contributed by atoms with Gasteiger partial charge in [-0.25, -0.2) is 0 Å². The second-order valence-corrected chi connectivity index (χ2v) is 30.3. The fraction of sp³-hybridized carbons (Fsp3) is 1.00. The molecule has 17 heteroatoms. The van der Waals surface area contributed by atoms with Crippen molar-refractivity contribution in [2.75, 3.05) is 26.7 Å². The Morgan fingerprint density at radius 3 is 1.81 bits per heavy atom. The Labute approximate surface area is 193 Å². The third-order valence-electron chi connectivity index (χ3n) is 3.19. The van der Waals surface area contributed by atoms with Gasteiger partial charge < -0.3 is 18.0 Å². The van der Waals surface area contributed by atoms with Gasteiger partial charge in [0.1, 0.15) is 12.2 Å². The summed E-state index contributed by atoms with van der Waals surface area (Å²) in [6.07, 6.45) is -1.42. The van der Waals surface area contributed by atoms with E-state index < -0.39 is 27.3 Å². The minimum absolute atomic E-state index is 0.0643. The van der Waals surface area contributed by atoms with Crippen LogP contribution < -0.4 is 0 Å². The van der Waals surface area contributed by atoms with Crippen molar-refractivity contribution in [2.24, 2.45) is 5.92 Å². The molecule has 1 aliphatic rings. The van der Waals surface area contributed by atoms with E-state index in [1.807, 2.05) is 0 Å². The van der Waals surface area contributed by atoms with Gasteiger partial charge in [-0.1, -0.05) is 63.7 Å². The molecule has 27 heavy (non-hydrogen) atoms. The van der Waals surface area contributed by atoms with Gasteiger partial charge in [-0.15, -0.1) is 0 Å². The van der Waals surface area contributed by atoms with E-state index in [0.29, 0.717) is 0 Å². The molecule has 0 aromatic carbocycles. The SMILES string of the molecule is CC1[C@H](OP(C)SP)C(OP(C)SP)O[C@H](OSP(C)P)[C@@H]1OSP(C)P. The van der Waals surface area contributed by atoms with Crippen molar-refractivity contribution < 1.29 is 22.2 Å². The minimum atomic E-state index is -0.688. The molecular formula is C10H28O5P8S4. The average molecular weight is 604 g/mol. The monoisotopic (exact) mass is 604 g/mol. The van der Waals surface area contributed by atoms with Gasteiger partial charge in [-0.3, -0.25) is 4.18 Å². The van der Waals surface area contributed by atoms with Crippen LogP contribution in [-0.2, 0) is 22.2 Å². The molecule has 0 spiro atoms. The summed E-state index contributed by atoms with van der Waals surface area (Å²) in [5, 5.41) is 0. The smallest absolute Gasteiger partial charge is 0.201 e. The maximum atomic E-state index is 6.32. The normalized spacial score (nSPS) is 33.4. The highest BCUT2D eigenvalue weighted by Crippen LogP contribution is 2.60.